The van der Waals surface area contributed by atoms with Crippen molar-refractivity contribution in [3.63, 3.8) is 0 Å². The van der Waals surface area contributed by atoms with Gasteiger partial charge in [0, 0.05) is 33.4 Å². The predicted molar refractivity (Wildman–Crippen MR) is 155 cm³/mol. The number of H-pyrrole nitrogens is 1. The molecule has 0 saturated carbocycles. The number of carbonyl (C=O) groups is 3. The number of ether oxygens (including phenoxy) is 1. The molecule has 1 heterocycles. The van der Waals surface area contributed by atoms with Crippen molar-refractivity contribution in [1.29, 1.82) is 0 Å². The molecule has 0 aliphatic heterocycles. The first-order valence-electron chi connectivity index (χ1n) is 10.1. The molecule has 0 aliphatic rings. The molecule has 9 nitrogen and oxygen atoms in total. The molecule has 0 fully saturated rings. The zero-order valence-corrected chi connectivity index (χ0v) is 25.6. The molecule has 4 N–H and O–H groups in total. The van der Waals surface area contributed by atoms with E-state index < -0.39 is 18.0 Å². The number of anilines is 2. The lowest BCUT2D eigenvalue weighted by Crippen LogP contribution is -2.18. The van der Waals surface area contributed by atoms with Crippen LogP contribution in [0, 0.1) is 0 Å². The molecular weight excluding hydrogens is 764 g/mol. The van der Waals surface area contributed by atoms with Gasteiger partial charge in [0.2, 0.25) is 5.95 Å². The molecule has 4 rings (SSSR count). The molecular formula is C23H14Br4N4O5S. The van der Waals surface area contributed by atoms with Crippen LogP contribution in [0.15, 0.2) is 70.1 Å². The number of rotatable bonds is 6. The second kappa shape index (κ2) is 11.6. The maximum Gasteiger partial charge on any atom is 0.413 e. The van der Waals surface area contributed by atoms with Gasteiger partial charge >= 0.3 is 12.1 Å². The van der Waals surface area contributed by atoms with E-state index in [1.807, 2.05) is 30.3 Å². The smallest absolute Gasteiger partial charge is 0.413 e. The summed E-state index contributed by atoms with van der Waals surface area (Å²) >= 11 is 14.7. The zero-order valence-electron chi connectivity index (χ0n) is 18.5. The van der Waals surface area contributed by atoms with Crippen LogP contribution < -0.4 is 10.6 Å². The summed E-state index contributed by atoms with van der Waals surface area (Å²) < 4.78 is 6.10. The van der Waals surface area contributed by atoms with Crippen molar-refractivity contribution in [3.8, 4) is 0 Å². The number of amides is 2. The number of hydrogen-bond acceptors (Lipinski definition) is 6. The van der Waals surface area contributed by atoms with Crippen LogP contribution in [-0.4, -0.2) is 40.2 Å². The Balaban J connectivity index is 1.51. The van der Waals surface area contributed by atoms with Gasteiger partial charge in [0.05, 0.1) is 29.3 Å². The van der Waals surface area contributed by atoms with E-state index in [0.29, 0.717) is 24.6 Å². The van der Waals surface area contributed by atoms with E-state index in [4.69, 9.17) is 0 Å². The maximum absolute atomic E-state index is 13.1. The number of halogens is 4. The van der Waals surface area contributed by atoms with E-state index in [1.165, 1.54) is 18.9 Å². The number of aromatic amines is 1. The third-order valence-corrected chi connectivity index (χ3v) is 10.7. The van der Waals surface area contributed by atoms with Gasteiger partial charge in [-0.2, -0.15) is 0 Å². The van der Waals surface area contributed by atoms with Gasteiger partial charge in [0.1, 0.15) is 0 Å². The number of aromatic carboxylic acids is 1. The Bertz CT molecular complexity index is 1560. The Hall–Kier alpha value is -2.39. The van der Waals surface area contributed by atoms with E-state index in [2.05, 4.69) is 89.1 Å². The van der Waals surface area contributed by atoms with Crippen molar-refractivity contribution in [2.75, 3.05) is 17.7 Å². The number of benzene rings is 3. The number of methoxy groups -OCH3 is 1. The van der Waals surface area contributed by atoms with Gasteiger partial charge in [0.15, 0.2) is 0 Å². The molecule has 0 saturated heterocycles. The van der Waals surface area contributed by atoms with Crippen LogP contribution in [0.5, 0.6) is 0 Å². The highest BCUT2D eigenvalue weighted by atomic mass is 79.9. The van der Waals surface area contributed by atoms with Gasteiger partial charge < -0.3 is 20.1 Å². The highest BCUT2D eigenvalue weighted by Gasteiger charge is 2.28. The number of imidazole rings is 1. The van der Waals surface area contributed by atoms with Gasteiger partial charge in [-0.1, -0.05) is 11.8 Å². The fourth-order valence-electron chi connectivity index (χ4n) is 3.24. The summed E-state index contributed by atoms with van der Waals surface area (Å²) in [6.07, 6.45) is -0.618. The molecule has 2 amide bonds. The first-order chi connectivity index (χ1) is 17.6. The first-order valence-corrected chi connectivity index (χ1v) is 14.1. The van der Waals surface area contributed by atoms with E-state index in [0.717, 1.165) is 15.3 Å². The van der Waals surface area contributed by atoms with E-state index >= 15 is 0 Å². The topological polar surface area (TPSA) is 133 Å². The molecule has 1 aromatic heterocycles. The summed E-state index contributed by atoms with van der Waals surface area (Å²) in [6.45, 7) is 0. The second-order valence-electron chi connectivity index (χ2n) is 7.27. The minimum atomic E-state index is -1.25. The van der Waals surface area contributed by atoms with Crippen LogP contribution in [0.25, 0.3) is 11.0 Å². The van der Waals surface area contributed by atoms with Crippen LogP contribution in [-0.2, 0) is 4.74 Å². The van der Waals surface area contributed by atoms with Crippen LogP contribution in [0.2, 0.25) is 0 Å². The number of carbonyl (C=O) groups excluding carboxylic acids is 2. The van der Waals surface area contributed by atoms with Crippen molar-refractivity contribution in [1.82, 2.24) is 9.97 Å². The number of nitrogens with one attached hydrogen (secondary N) is 3. The number of hydrogen-bond donors (Lipinski definition) is 4. The minimum Gasteiger partial charge on any atom is -0.478 e. The Labute approximate surface area is 247 Å². The number of carboxylic acid groups (broad SMARTS) is 1. The molecule has 0 radical (unpaired) electrons. The largest absolute Gasteiger partial charge is 0.478 e. The maximum atomic E-state index is 13.1. The lowest BCUT2D eigenvalue weighted by molar-refractivity contribution is 0.0691. The molecule has 0 bridgehead atoms. The van der Waals surface area contributed by atoms with E-state index in [9.17, 15) is 19.5 Å². The second-order valence-corrected chi connectivity index (χ2v) is 11.6. The van der Waals surface area contributed by atoms with Crippen molar-refractivity contribution in [2.24, 2.45) is 0 Å². The van der Waals surface area contributed by atoms with Gasteiger partial charge in [-0.3, -0.25) is 10.1 Å². The van der Waals surface area contributed by atoms with Gasteiger partial charge in [-0.25, -0.2) is 14.6 Å². The number of carboxylic acids is 1. The standard InChI is InChI=1S/C23H14Br4N4O5S/c1-36-23(35)31-22-29-12-7-6-11(8-13(12)30-22)37-10-4-2-9(3-5-10)28-20(32)14-15(21(33)34)17(25)19(27)18(26)16(14)24/h2-8H,1H3,(H,28,32)(H,33,34)(H2,29,30,31,35). The summed E-state index contributed by atoms with van der Waals surface area (Å²) in [5, 5.41) is 14.9. The van der Waals surface area contributed by atoms with Crippen LogP contribution in [0.4, 0.5) is 16.4 Å². The summed E-state index contributed by atoms with van der Waals surface area (Å²) in [5.41, 5.74) is 1.72. The molecule has 190 valence electrons. The van der Waals surface area contributed by atoms with Crippen molar-refractivity contribution >= 4 is 116 Å². The molecule has 14 heteroatoms. The average Bonchev–Trinajstić information content (AvgIpc) is 3.26. The van der Waals surface area contributed by atoms with Crippen LogP contribution >= 0.6 is 75.5 Å². The summed E-state index contributed by atoms with van der Waals surface area (Å²) in [7, 11) is 1.27. The molecule has 0 unspecified atom stereocenters. The minimum absolute atomic E-state index is 0.0261. The highest BCUT2D eigenvalue weighted by molar-refractivity contribution is 9.15. The molecule has 0 atom stereocenters. The predicted octanol–water partition coefficient (Wildman–Crippen LogP) is 7.89. The third-order valence-electron chi connectivity index (χ3n) is 4.92. The normalized spacial score (nSPS) is 10.8. The van der Waals surface area contributed by atoms with Crippen LogP contribution in [0.1, 0.15) is 20.7 Å². The number of nitrogens with zero attached hydrogens (tertiary/aromatic N) is 1. The van der Waals surface area contributed by atoms with Crippen LogP contribution in [0.3, 0.4) is 0 Å². The fraction of sp³-hybridized carbons (Fsp3) is 0.0435. The summed E-state index contributed by atoms with van der Waals surface area (Å²) in [4.78, 5) is 45.5. The van der Waals surface area contributed by atoms with Crippen molar-refractivity contribution < 1.29 is 24.2 Å². The lowest BCUT2D eigenvalue weighted by atomic mass is 10.1. The summed E-state index contributed by atoms with van der Waals surface area (Å²) in [6, 6.07) is 12.8. The van der Waals surface area contributed by atoms with E-state index in [1.54, 1.807) is 12.1 Å². The highest BCUT2D eigenvalue weighted by Crippen LogP contribution is 2.42. The molecule has 0 aliphatic carbocycles. The number of fused-ring (bicyclic) bond motifs is 1. The Kier molecular flexibility index (Phi) is 8.63. The molecule has 0 spiro atoms. The molecule has 37 heavy (non-hydrogen) atoms. The lowest BCUT2D eigenvalue weighted by Gasteiger charge is -2.15. The third kappa shape index (κ3) is 6.03. The van der Waals surface area contributed by atoms with Gasteiger partial charge in [-0.05, 0) is 106 Å². The fourth-order valence-corrected chi connectivity index (χ4v) is 6.57. The first kappa shape index (κ1) is 27.6. The average molecular weight is 778 g/mol. The van der Waals surface area contributed by atoms with Gasteiger partial charge in [0.25, 0.3) is 5.91 Å². The van der Waals surface area contributed by atoms with E-state index in [-0.39, 0.29) is 21.5 Å². The SMILES string of the molecule is COC(=O)Nc1nc2ccc(Sc3ccc(NC(=O)c4c(Br)c(Br)c(Br)c(Br)c4C(=O)O)cc3)cc2[nH]1. The van der Waals surface area contributed by atoms with Crippen molar-refractivity contribution in [2.45, 2.75) is 9.79 Å². The Morgan fingerprint density at radius 3 is 2.14 bits per heavy atom. The monoisotopic (exact) mass is 774 g/mol. The Morgan fingerprint density at radius 2 is 1.51 bits per heavy atom. The van der Waals surface area contributed by atoms with Crippen molar-refractivity contribution in [3.05, 3.63) is 71.5 Å². The van der Waals surface area contributed by atoms with Gasteiger partial charge in [-0.15, -0.1) is 0 Å². The molecule has 3 aromatic carbocycles. The summed E-state index contributed by atoms with van der Waals surface area (Å²) in [5.74, 6) is -1.55. The number of aromatic nitrogens is 2. The zero-order chi connectivity index (χ0) is 26.9. The quantitative estimate of drug-likeness (QED) is 0.116. The Morgan fingerprint density at radius 1 is 0.892 bits per heavy atom. The molecule has 4 aromatic rings.